The van der Waals surface area contributed by atoms with E-state index in [2.05, 4.69) is 0 Å². The molecule has 0 aromatic carbocycles. The van der Waals surface area contributed by atoms with Gasteiger partial charge in [0, 0.05) is 69.9 Å². The van der Waals surface area contributed by atoms with Crippen LogP contribution in [0, 0.1) is 0 Å². The standard InChI is InChI=1S/3C2H6OS.ClH.Rh/c3*1-4(2)3;;/h3*1-2H3;1H;/q;;;;+1/p-1. The minimum Gasteiger partial charge on any atom is -1.00 e. The van der Waals surface area contributed by atoms with Gasteiger partial charge in [-0.15, -0.1) is 0 Å². The first-order valence-electron chi connectivity index (χ1n) is 2.95. The van der Waals surface area contributed by atoms with Crippen molar-refractivity contribution in [1.29, 1.82) is 0 Å². The van der Waals surface area contributed by atoms with Gasteiger partial charge in [0.15, 0.2) is 0 Å². The number of hydrogen-bond donors (Lipinski definition) is 0. The zero-order valence-electron chi connectivity index (χ0n) is 9.16. The van der Waals surface area contributed by atoms with Crippen LogP contribution in [0.3, 0.4) is 0 Å². The van der Waals surface area contributed by atoms with Crippen LogP contribution in [-0.4, -0.2) is 50.2 Å². The smallest absolute Gasteiger partial charge is 1.00 e. The molecule has 14 heavy (non-hydrogen) atoms. The minimum absolute atomic E-state index is 0. The summed E-state index contributed by atoms with van der Waals surface area (Å²) in [6, 6.07) is 0. The molecule has 94 valence electrons. The van der Waals surface area contributed by atoms with Crippen molar-refractivity contribution in [3.05, 3.63) is 0 Å². The molecule has 0 radical (unpaired) electrons. The van der Waals surface area contributed by atoms with Gasteiger partial charge in [-0.2, -0.15) is 0 Å². The van der Waals surface area contributed by atoms with E-state index in [9.17, 15) is 12.6 Å². The van der Waals surface area contributed by atoms with Crippen molar-refractivity contribution in [1.82, 2.24) is 0 Å². The molecule has 0 saturated carbocycles. The molecule has 0 spiro atoms. The average molecular weight is 373 g/mol. The summed E-state index contributed by atoms with van der Waals surface area (Å²) >= 11 is 0. The molecule has 0 amide bonds. The monoisotopic (exact) mass is 372 g/mol. The molecule has 8 heteroatoms. The quantitative estimate of drug-likeness (QED) is 0.426. The van der Waals surface area contributed by atoms with E-state index >= 15 is 0 Å². The summed E-state index contributed by atoms with van der Waals surface area (Å²) in [4.78, 5) is 0. The van der Waals surface area contributed by atoms with Crippen LogP contribution in [0.1, 0.15) is 0 Å². The van der Waals surface area contributed by atoms with Crippen LogP contribution in [0.5, 0.6) is 0 Å². The van der Waals surface area contributed by atoms with Crippen molar-refractivity contribution in [3.8, 4) is 0 Å². The van der Waals surface area contributed by atoms with E-state index in [0.717, 1.165) is 0 Å². The predicted octanol–water partition coefficient (Wildman–Crippen LogP) is -3.01. The molecule has 0 rings (SSSR count). The van der Waals surface area contributed by atoms with E-state index in [0.29, 0.717) is 0 Å². The first kappa shape index (κ1) is 29.5. The Morgan fingerprint density at radius 3 is 0.571 bits per heavy atom. The van der Waals surface area contributed by atoms with E-state index in [1.165, 1.54) is 0 Å². The van der Waals surface area contributed by atoms with Crippen LogP contribution in [0.25, 0.3) is 0 Å². The van der Waals surface area contributed by atoms with Gasteiger partial charge in [0.05, 0.1) is 0 Å². The van der Waals surface area contributed by atoms with Gasteiger partial charge in [-0.25, -0.2) is 0 Å². The van der Waals surface area contributed by atoms with Crippen LogP contribution in [0.2, 0.25) is 0 Å². The van der Waals surface area contributed by atoms with Gasteiger partial charge in [0.25, 0.3) is 0 Å². The van der Waals surface area contributed by atoms with Crippen LogP contribution < -0.4 is 12.4 Å². The third-order valence-electron chi connectivity index (χ3n) is 0. The van der Waals surface area contributed by atoms with Gasteiger partial charge in [-0.3, -0.25) is 12.6 Å². The average Bonchev–Trinajstić information content (AvgIpc) is 1.54. The zero-order valence-corrected chi connectivity index (χ0v) is 14.0. The first-order chi connectivity index (χ1) is 5.20. The molecule has 3 nitrogen and oxygen atoms in total. The van der Waals surface area contributed by atoms with Crippen LogP contribution in [0.4, 0.5) is 0 Å². The van der Waals surface area contributed by atoms with E-state index in [-0.39, 0.29) is 31.9 Å². The fraction of sp³-hybridized carbons (Fsp3) is 1.00. The topological polar surface area (TPSA) is 51.2 Å². The molecule has 0 aromatic rings. The van der Waals surface area contributed by atoms with Crippen LogP contribution >= 0.6 is 0 Å². The number of rotatable bonds is 0. The normalized spacial score (nSPS) is 7.50. The van der Waals surface area contributed by atoms with Gasteiger partial charge >= 0.3 is 19.5 Å². The third-order valence-corrected chi connectivity index (χ3v) is 0. The Hall–Kier alpha value is 1.36. The van der Waals surface area contributed by atoms with Crippen molar-refractivity contribution >= 4 is 32.4 Å². The Bertz CT molecular complexity index is 126. The summed E-state index contributed by atoms with van der Waals surface area (Å²) in [5.41, 5.74) is 0. The van der Waals surface area contributed by atoms with Gasteiger partial charge in [0.1, 0.15) is 0 Å². The maximum Gasteiger partial charge on any atom is 1.00 e. The zero-order chi connectivity index (χ0) is 10.7. The third kappa shape index (κ3) is 1100. The van der Waals surface area contributed by atoms with Crippen molar-refractivity contribution in [2.24, 2.45) is 0 Å². The molecule has 0 aromatic heterocycles. The molecule has 0 saturated heterocycles. The molecule has 0 N–H and O–H groups in total. The molecule has 0 aliphatic rings. The van der Waals surface area contributed by atoms with Crippen molar-refractivity contribution in [2.75, 3.05) is 37.5 Å². The number of halogens is 1. The summed E-state index contributed by atoms with van der Waals surface area (Å²) in [5.74, 6) is 0. The van der Waals surface area contributed by atoms with Gasteiger partial charge in [0.2, 0.25) is 0 Å². The SMILES string of the molecule is CS(C)=O.CS(C)=O.CS(C)=O.[Cl-].[Rh+]. The second-order valence-corrected chi connectivity index (χ2v) is 6.67. The fourth-order valence-corrected chi connectivity index (χ4v) is 0. The minimum atomic E-state index is -0.611. The summed E-state index contributed by atoms with van der Waals surface area (Å²) in [6.45, 7) is 0. The Morgan fingerprint density at radius 2 is 0.571 bits per heavy atom. The largest absolute Gasteiger partial charge is 1.00 e. The fourth-order valence-electron chi connectivity index (χ4n) is 0. The molecular weight excluding hydrogens is 355 g/mol. The molecule has 0 fully saturated rings. The number of hydrogen-bond acceptors (Lipinski definition) is 3. The first-order valence-corrected chi connectivity index (χ1v) is 8.85. The summed E-state index contributed by atoms with van der Waals surface area (Å²) in [5, 5.41) is 0. The van der Waals surface area contributed by atoms with Crippen molar-refractivity contribution in [3.63, 3.8) is 0 Å². The Kier molecular flexibility index (Phi) is 50.3. The van der Waals surface area contributed by atoms with Crippen LogP contribution in [-0.2, 0) is 51.9 Å². The van der Waals surface area contributed by atoms with E-state index in [1.807, 2.05) is 0 Å². The molecular formula is C6H18ClO3RhS3. The van der Waals surface area contributed by atoms with E-state index < -0.39 is 32.4 Å². The molecule has 0 bridgehead atoms. The van der Waals surface area contributed by atoms with Gasteiger partial charge in [-0.05, 0) is 0 Å². The summed E-state index contributed by atoms with van der Waals surface area (Å²) < 4.78 is 28.7. The second-order valence-electron chi connectivity index (χ2n) is 2.22. The van der Waals surface area contributed by atoms with Crippen molar-refractivity contribution < 1.29 is 44.5 Å². The molecule has 0 unspecified atom stereocenters. The van der Waals surface area contributed by atoms with Crippen LogP contribution in [0.15, 0.2) is 0 Å². The Labute approximate surface area is 114 Å². The Morgan fingerprint density at radius 1 is 0.571 bits per heavy atom. The molecule has 0 atom stereocenters. The molecule has 0 aliphatic carbocycles. The van der Waals surface area contributed by atoms with Crippen molar-refractivity contribution in [2.45, 2.75) is 0 Å². The predicted molar refractivity (Wildman–Crippen MR) is 60.0 cm³/mol. The summed E-state index contributed by atoms with van der Waals surface area (Å²) in [7, 11) is -1.83. The molecule has 0 heterocycles. The maximum absolute atomic E-state index is 9.56. The van der Waals surface area contributed by atoms with Gasteiger partial charge < -0.3 is 12.4 Å². The maximum atomic E-state index is 9.56. The van der Waals surface area contributed by atoms with E-state index in [4.69, 9.17) is 0 Å². The van der Waals surface area contributed by atoms with Gasteiger partial charge in [-0.1, -0.05) is 0 Å². The molecule has 0 aliphatic heterocycles. The van der Waals surface area contributed by atoms with E-state index in [1.54, 1.807) is 37.5 Å². The second kappa shape index (κ2) is 23.9. The summed E-state index contributed by atoms with van der Waals surface area (Å²) in [6.07, 6.45) is 9.83. The Balaban J connectivity index is -0.0000000270.